The Balaban J connectivity index is 1.36. The third kappa shape index (κ3) is 3.69. The number of rotatable bonds is 4. The molecule has 0 spiro atoms. The van der Waals surface area contributed by atoms with Crippen LogP contribution in [0.25, 0.3) is 0 Å². The Kier molecular flexibility index (Phi) is 4.82. The molecule has 2 N–H and O–H groups in total. The SMILES string of the molecule is Cn1nccc1[C@H]1OCC[C@@H]1NCc1ccc(C#Cc2cn[nH]c2)cc1. The van der Waals surface area contributed by atoms with Crippen LogP contribution < -0.4 is 5.32 Å². The van der Waals surface area contributed by atoms with Gasteiger partial charge in [0.2, 0.25) is 0 Å². The van der Waals surface area contributed by atoms with E-state index in [0.29, 0.717) is 6.04 Å². The summed E-state index contributed by atoms with van der Waals surface area (Å²) >= 11 is 0. The van der Waals surface area contributed by atoms with Crippen molar-refractivity contribution in [2.75, 3.05) is 6.61 Å². The molecule has 1 aliphatic rings. The molecular formula is C20H21N5O. The smallest absolute Gasteiger partial charge is 0.114 e. The topological polar surface area (TPSA) is 67.8 Å². The predicted octanol–water partition coefficient (Wildman–Crippen LogP) is 2.16. The molecule has 26 heavy (non-hydrogen) atoms. The van der Waals surface area contributed by atoms with Crippen molar-refractivity contribution >= 4 is 0 Å². The molecule has 0 radical (unpaired) electrons. The number of hydrogen-bond acceptors (Lipinski definition) is 4. The van der Waals surface area contributed by atoms with E-state index in [-0.39, 0.29) is 6.10 Å². The van der Waals surface area contributed by atoms with E-state index >= 15 is 0 Å². The van der Waals surface area contributed by atoms with Crippen LogP contribution in [-0.4, -0.2) is 32.6 Å². The average Bonchev–Trinajstić information content (AvgIpc) is 3.41. The van der Waals surface area contributed by atoms with Crippen LogP contribution in [0.4, 0.5) is 0 Å². The molecule has 0 aliphatic carbocycles. The van der Waals surface area contributed by atoms with Gasteiger partial charge in [0.25, 0.3) is 0 Å². The van der Waals surface area contributed by atoms with Crippen LogP contribution in [0, 0.1) is 11.8 Å². The van der Waals surface area contributed by atoms with Crippen molar-refractivity contribution in [1.29, 1.82) is 0 Å². The Bertz CT molecular complexity index is 902. The Labute approximate surface area is 152 Å². The number of aromatic nitrogens is 4. The van der Waals surface area contributed by atoms with Gasteiger partial charge in [-0.15, -0.1) is 0 Å². The van der Waals surface area contributed by atoms with Gasteiger partial charge in [-0.2, -0.15) is 10.2 Å². The first-order valence-corrected chi connectivity index (χ1v) is 8.72. The highest BCUT2D eigenvalue weighted by Gasteiger charge is 2.31. The van der Waals surface area contributed by atoms with E-state index in [1.165, 1.54) is 5.56 Å². The van der Waals surface area contributed by atoms with Crippen LogP contribution in [-0.2, 0) is 18.3 Å². The highest BCUT2D eigenvalue weighted by molar-refractivity contribution is 5.41. The van der Waals surface area contributed by atoms with Crippen LogP contribution in [0.1, 0.15) is 34.9 Å². The number of H-pyrrole nitrogens is 1. The van der Waals surface area contributed by atoms with Crippen molar-refractivity contribution in [3.63, 3.8) is 0 Å². The normalized spacial score (nSPS) is 19.3. The van der Waals surface area contributed by atoms with Crippen molar-refractivity contribution in [2.24, 2.45) is 7.05 Å². The Morgan fingerprint density at radius 1 is 1.23 bits per heavy atom. The molecule has 3 heterocycles. The monoisotopic (exact) mass is 347 g/mol. The summed E-state index contributed by atoms with van der Waals surface area (Å²) < 4.78 is 7.80. The standard InChI is InChI=1S/C20H21N5O/c1-25-19(8-10-24-25)20-18(9-11-26-20)21-12-16-5-2-15(3-6-16)4-7-17-13-22-23-14-17/h2-3,5-6,8,10,13-14,18,20-21H,9,11-12H2,1H3,(H,22,23)/t18-,20-/m0/s1. The van der Waals surface area contributed by atoms with Gasteiger partial charge < -0.3 is 10.1 Å². The van der Waals surface area contributed by atoms with Gasteiger partial charge in [-0.3, -0.25) is 9.78 Å². The molecule has 1 aliphatic heterocycles. The van der Waals surface area contributed by atoms with E-state index < -0.39 is 0 Å². The zero-order valence-electron chi connectivity index (χ0n) is 14.6. The third-order valence-electron chi connectivity index (χ3n) is 4.61. The van der Waals surface area contributed by atoms with Crippen LogP contribution in [0.5, 0.6) is 0 Å². The van der Waals surface area contributed by atoms with E-state index in [9.17, 15) is 0 Å². The summed E-state index contributed by atoms with van der Waals surface area (Å²) in [7, 11) is 1.96. The molecule has 6 nitrogen and oxygen atoms in total. The first-order valence-electron chi connectivity index (χ1n) is 8.72. The van der Waals surface area contributed by atoms with Crippen molar-refractivity contribution < 1.29 is 4.74 Å². The number of aromatic amines is 1. The molecule has 4 rings (SSSR count). The molecule has 0 unspecified atom stereocenters. The second kappa shape index (κ2) is 7.56. The average molecular weight is 347 g/mol. The third-order valence-corrected chi connectivity index (χ3v) is 4.61. The van der Waals surface area contributed by atoms with Gasteiger partial charge in [-0.25, -0.2) is 0 Å². The summed E-state index contributed by atoms with van der Waals surface area (Å²) in [5.41, 5.74) is 4.23. The highest BCUT2D eigenvalue weighted by atomic mass is 16.5. The van der Waals surface area contributed by atoms with Crippen molar-refractivity contribution in [2.45, 2.75) is 25.1 Å². The lowest BCUT2D eigenvalue weighted by Crippen LogP contribution is -2.32. The van der Waals surface area contributed by atoms with Gasteiger partial charge in [-0.1, -0.05) is 24.0 Å². The predicted molar refractivity (Wildman–Crippen MR) is 98.2 cm³/mol. The summed E-state index contributed by atoms with van der Waals surface area (Å²) in [5, 5.41) is 14.5. The molecule has 6 heteroatoms. The van der Waals surface area contributed by atoms with Crippen LogP contribution in [0.3, 0.4) is 0 Å². The van der Waals surface area contributed by atoms with Gasteiger partial charge in [0.1, 0.15) is 6.10 Å². The second-order valence-corrected chi connectivity index (χ2v) is 6.38. The van der Waals surface area contributed by atoms with Crippen LogP contribution in [0.2, 0.25) is 0 Å². The van der Waals surface area contributed by atoms with Crippen molar-refractivity contribution in [3.8, 4) is 11.8 Å². The first kappa shape index (κ1) is 16.6. The van der Waals surface area contributed by atoms with Crippen molar-refractivity contribution in [1.82, 2.24) is 25.3 Å². The first-order chi connectivity index (χ1) is 12.8. The van der Waals surface area contributed by atoms with Crippen LogP contribution in [0.15, 0.2) is 48.9 Å². The molecule has 2 aromatic heterocycles. The van der Waals surface area contributed by atoms with E-state index in [0.717, 1.165) is 36.4 Å². The molecule has 2 atom stereocenters. The van der Waals surface area contributed by atoms with Gasteiger partial charge in [-0.05, 0) is 30.2 Å². The minimum absolute atomic E-state index is 0.0580. The van der Waals surface area contributed by atoms with Crippen molar-refractivity contribution in [3.05, 3.63) is 71.3 Å². The summed E-state index contributed by atoms with van der Waals surface area (Å²) in [6.45, 7) is 1.58. The maximum atomic E-state index is 5.92. The number of hydrogen-bond donors (Lipinski definition) is 2. The molecule has 0 bridgehead atoms. The number of nitrogens with zero attached hydrogens (tertiary/aromatic N) is 3. The quantitative estimate of drug-likeness (QED) is 0.710. The van der Waals surface area contributed by atoms with E-state index in [1.807, 2.05) is 36.1 Å². The zero-order chi connectivity index (χ0) is 17.8. The molecular weight excluding hydrogens is 326 g/mol. The number of aryl methyl sites for hydroxylation is 1. The molecule has 1 fully saturated rings. The lowest BCUT2D eigenvalue weighted by atomic mass is 10.1. The molecule has 3 aromatic rings. The second-order valence-electron chi connectivity index (χ2n) is 6.38. The van der Waals surface area contributed by atoms with E-state index in [2.05, 4.69) is 44.6 Å². The highest BCUT2D eigenvalue weighted by Crippen LogP contribution is 2.28. The van der Waals surface area contributed by atoms with Gasteiger partial charge in [0.05, 0.1) is 17.5 Å². The zero-order valence-corrected chi connectivity index (χ0v) is 14.6. The number of benzene rings is 1. The summed E-state index contributed by atoms with van der Waals surface area (Å²) in [5.74, 6) is 6.22. The maximum Gasteiger partial charge on any atom is 0.114 e. The van der Waals surface area contributed by atoms with E-state index in [1.54, 1.807) is 12.4 Å². The van der Waals surface area contributed by atoms with Crippen LogP contribution >= 0.6 is 0 Å². The Morgan fingerprint density at radius 3 is 2.81 bits per heavy atom. The molecule has 0 amide bonds. The minimum Gasteiger partial charge on any atom is -0.370 e. The minimum atomic E-state index is 0.0580. The summed E-state index contributed by atoms with van der Waals surface area (Å²) in [4.78, 5) is 0. The lowest BCUT2D eigenvalue weighted by molar-refractivity contribution is 0.0919. The van der Waals surface area contributed by atoms with Gasteiger partial charge in [0.15, 0.2) is 0 Å². The molecule has 0 saturated carbocycles. The number of nitrogens with one attached hydrogen (secondary N) is 2. The Hall–Kier alpha value is -2.88. The van der Waals surface area contributed by atoms with Gasteiger partial charge in [0, 0.05) is 44.2 Å². The lowest BCUT2D eigenvalue weighted by Gasteiger charge is -2.20. The fourth-order valence-corrected chi connectivity index (χ4v) is 3.17. The molecule has 1 saturated heterocycles. The summed E-state index contributed by atoms with van der Waals surface area (Å²) in [6, 6.07) is 10.6. The number of ether oxygens (including phenoxy) is 1. The maximum absolute atomic E-state index is 5.92. The van der Waals surface area contributed by atoms with Gasteiger partial charge >= 0.3 is 0 Å². The summed E-state index contributed by atoms with van der Waals surface area (Å²) in [6.07, 6.45) is 6.38. The van der Waals surface area contributed by atoms with E-state index in [4.69, 9.17) is 4.74 Å². The Morgan fingerprint density at radius 2 is 2.08 bits per heavy atom. The molecule has 1 aromatic carbocycles. The fraction of sp³-hybridized carbons (Fsp3) is 0.300. The largest absolute Gasteiger partial charge is 0.370 e. The molecule has 132 valence electrons. The fourth-order valence-electron chi connectivity index (χ4n) is 3.17.